The molecule has 2 heterocycles. The molecule has 26 heavy (non-hydrogen) atoms. The van der Waals surface area contributed by atoms with Crippen molar-refractivity contribution in [2.45, 2.75) is 12.3 Å². The Morgan fingerprint density at radius 3 is 2.50 bits per heavy atom. The first kappa shape index (κ1) is 16.1. The van der Waals surface area contributed by atoms with Gasteiger partial charge in [0.2, 0.25) is 0 Å². The van der Waals surface area contributed by atoms with E-state index in [-0.39, 0.29) is 17.4 Å². The summed E-state index contributed by atoms with van der Waals surface area (Å²) in [6.45, 7) is 0. The smallest absolute Gasteiger partial charge is 0.145 e. The molecule has 2 aromatic carbocycles. The Morgan fingerprint density at radius 2 is 1.69 bits per heavy atom. The van der Waals surface area contributed by atoms with E-state index in [0.29, 0.717) is 11.9 Å². The lowest BCUT2D eigenvalue weighted by Gasteiger charge is -2.20. The third-order valence-corrected chi connectivity index (χ3v) is 4.66. The molecular weight excluding hydrogens is 324 g/mol. The average Bonchev–Trinajstić information content (AvgIpc) is 2.69. The number of hydrogen-bond donors (Lipinski definition) is 2. The van der Waals surface area contributed by atoms with Crippen molar-refractivity contribution in [1.29, 1.82) is 0 Å². The zero-order valence-electron chi connectivity index (χ0n) is 14.1. The number of hydrogen-bond acceptors (Lipinski definition) is 4. The summed E-state index contributed by atoms with van der Waals surface area (Å²) in [5.74, 6) is 0.274. The standard InChI is InChI=1S/C22H18N2O2/c25-20-8-2-1-5-16(20)13-19(17-7-3-11-23-14-17)18-10-9-15-6-4-12-24-21(15)22(18)26/h1-12,14,19,25-26H,13H2. The summed E-state index contributed by atoms with van der Waals surface area (Å²) < 4.78 is 0. The number of para-hydroxylation sites is 1. The zero-order valence-corrected chi connectivity index (χ0v) is 14.1. The summed E-state index contributed by atoms with van der Waals surface area (Å²) >= 11 is 0. The van der Waals surface area contributed by atoms with Crippen LogP contribution in [0.25, 0.3) is 10.9 Å². The summed E-state index contributed by atoms with van der Waals surface area (Å²) in [6, 6.07) is 18.8. The van der Waals surface area contributed by atoms with Crippen molar-refractivity contribution < 1.29 is 10.2 Å². The van der Waals surface area contributed by atoms with Crippen LogP contribution >= 0.6 is 0 Å². The number of aromatic hydroxyl groups is 2. The van der Waals surface area contributed by atoms with Crippen molar-refractivity contribution in [3.63, 3.8) is 0 Å². The fourth-order valence-corrected chi connectivity index (χ4v) is 3.32. The predicted molar refractivity (Wildman–Crippen MR) is 101 cm³/mol. The lowest BCUT2D eigenvalue weighted by Crippen LogP contribution is -2.06. The summed E-state index contributed by atoms with van der Waals surface area (Å²) in [6.07, 6.45) is 5.74. The van der Waals surface area contributed by atoms with Crippen LogP contribution in [0.1, 0.15) is 22.6 Å². The number of benzene rings is 2. The second kappa shape index (κ2) is 6.84. The van der Waals surface area contributed by atoms with Gasteiger partial charge in [-0.15, -0.1) is 0 Å². The van der Waals surface area contributed by atoms with Crippen molar-refractivity contribution in [3.8, 4) is 11.5 Å². The lowest BCUT2D eigenvalue weighted by molar-refractivity contribution is 0.460. The van der Waals surface area contributed by atoms with Crippen molar-refractivity contribution >= 4 is 10.9 Å². The fourth-order valence-electron chi connectivity index (χ4n) is 3.32. The Kier molecular flexibility index (Phi) is 4.23. The maximum Gasteiger partial charge on any atom is 0.145 e. The van der Waals surface area contributed by atoms with Crippen LogP contribution in [0.4, 0.5) is 0 Å². The number of nitrogens with zero attached hydrogens (tertiary/aromatic N) is 2. The van der Waals surface area contributed by atoms with Gasteiger partial charge in [-0.05, 0) is 35.7 Å². The molecule has 4 rings (SSSR count). The molecule has 128 valence electrons. The van der Waals surface area contributed by atoms with E-state index in [1.54, 1.807) is 30.7 Å². The molecule has 4 nitrogen and oxygen atoms in total. The average molecular weight is 342 g/mol. The number of fused-ring (bicyclic) bond motifs is 1. The van der Waals surface area contributed by atoms with Gasteiger partial charge in [-0.1, -0.05) is 42.5 Å². The minimum absolute atomic E-state index is 0.150. The van der Waals surface area contributed by atoms with Crippen LogP contribution in [-0.2, 0) is 6.42 Å². The molecule has 0 spiro atoms. The molecule has 2 aromatic heterocycles. The quantitative estimate of drug-likeness (QED) is 0.576. The normalized spacial score (nSPS) is 12.2. The van der Waals surface area contributed by atoms with Gasteiger partial charge in [0, 0.05) is 35.5 Å². The number of phenolic OH excluding ortho intramolecular Hbond substituents is 2. The van der Waals surface area contributed by atoms with Crippen LogP contribution in [0.2, 0.25) is 0 Å². The lowest BCUT2D eigenvalue weighted by atomic mass is 9.85. The van der Waals surface area contributed by atoms with Gasteiger partial charge in [0.1, 0.15) is 17.0 Å². The maximum atomic E-state index is 10.9. The van der Waals surface area contributed by atoms with Crippen LogP contribution in [0.5, 0.6) is 11.5 Å². The van der Waals surface area contributed by atoms with Crippen LogP contribution in [0.3, 0.4) is 0 Å². The predicted octanol–water partition coefficient (Wildman–Crippen LogP) is 4.42. The molecular formula is C22H18N2O2. The molecule has 0 aliphatic carbocycles. The molecule has 0 aliphatic rings. The summed E-state index contributed by atoms with van der Waals surface area (Å²) in [4.78, 5) is 8.55. The van der Waals surface area contributed by atoms with E-state index in [1.807, 2.05) is 48.5 Å². The van der Waals surface area contributed by atoms with Crippen LogP contribution < -0.4 is 0 Å². The molecule has 0 fully saturated rings. The monoisotopic (exact) mass is 342 g/mol. The Bertz CT molecular complexity index is 1050. The minimum Gasteiger partial charge on any atom is -0.508 e. The highest BCUT2D eigenvalue weighted by atomic mass is 16.3. The van der Waals surface area contributed by atoms with E-state index >= 15 is 0 Å². The van der Waals surface area contributed by atoms with Crippen molar-refractivity contribution in [2.75, 3.05) is 0 Å². The highest BCUT2D eigenvalue weighted by Gasteiger charge is 2.21. The summed E-state index contributed by atoms with van der Waals surface area (Å²) in [5, 5.41) is 22.0. The van der Waals surface area contributed by atoms with Gasteiger partial charge in [-0.2, -0.15) is 0 Å². The first-order valence-corrected chi connectivity index (χ1v) is 8.47. The number of phenols is 2. The maximum absolute atomic E-state index is 10.9. The van der Waals surface area contributed by atoms with Crippen LogP contribution in [0.15, 0.2) is 79.3 Å². The van der Waals surface area contributed by atoms with Gasteiger partial charge in [-0.25, -0.2) is 0 Å². The first-order valence-electron chi connectivity index (χ1n) is 8.47. The van der Waals surface area contributed by atoms with Gasteiger partial charge in [0.25, 0.3) is 0 Å². The zero-order chi connectivity index (χ0) is 17.9. The van der Waals surface area contributed by atoms with Gasteiger partial charge in [-0.3, -0.25) is 9.97 Å². The molecule has 0 aliphatic heterocycles. The van der Waals surface area contributed by atoms with Gasteiger partial charge in [0.05, 0.1) is 0 Å². The van der Waals surface area contributed by atoms with E-state index in [0.717, 1.165) is 22.1 Å². The van der Waals surface area contributed by atoms with E-state index < -0.39 is 0 Å². The second-order valence-electron chi connectivity index (χ2n) is 6.25. The number of rotatable bonds is 4. The first-order chi connectivity index (χ1) is 12.7. The van der Waals surface area contributed by atoms with E-state index in [4.69, 9.17) is 0 Å². The molecule has 4 heteroatoms. The van der Waals surface area contributed by atoms with E-state index in [1.165, 1.54) is 0 Å². The van der Waals surface area contributed by atoms with Crippen molar-refractivity contribution in [1.82, 2.24) is 9.97 Å². The third-order valence-electron chi connectivity index (χ3n) is 4.66. The molecule has 0 radical (unpaired) electrons. The molecule has 1 unspecified atom stereocenters. The van der Waals surface area contributed by atoms with E-state index in [2.05, 4.69) is 9.97 Å². The minimum atomic E-state index is -0.150. The Hall–Kier alpha value is -3.40. The number of pyridine rings is 2. The third kappa shape index (κ3) is 2.97. The Balaban J connectivity index is 1.86. The van der Waals surface area contributed by atoms with Crippen LogP contribution in [0, 0.1) is 0 Å². The fraction of sp³-hybridized carbons (Fsp3) is 0.0909. The van der Waals surface area contributed by atoms with Gasteiger partial charge in [0.15, 0.2) is 0 Å². The number of aromatic nitrogens is 2. The molecule has 0 bridgehead atoms. The molecule has 0 amide bonds. The van der Waals surface area contributed by atoms with Crippen LogP contribution in [-0.4, -0.2) is 20.2 Å². The molecule has 0 saturated heterocycles. The molecule has 0 saturated carbocycles. The summed E-state index contributed by atoms with van der Waals surface area (Å²) in [7, 11) is 0. The Labute approximate surface area is 151 Å². The Morgan fingerprint density at radius 1 is 0.846 bits per heavy atom. The van der Waals surface area contributed by atoms with Crippen molar-refractivity contribution in [2.24, 2.45) is 0 Å². The van der Waals surface area contributed by atoms with E-state index in [9.17, 15) is 10.2 Å². The highest BCUT2D eigenvalue weighted by molar-refractivity contribution is 5.85. The summed E-state index contributed by atoms with van der Waals surface area (Å²) in [5.41, 5.74) is 3.15. The highest BCUT2D eigenvalue weighted by Crippen LogP contribution is 2.38. The topological polar surface area (TPSA) is 66.2 Å². The largest absolute Gasteiger partial charge is 0.508 e. The van der Waals surface area contributed by atoms with Crippen molar-refractivity contribution in [3.05, 3.63) is 95.9 Å². The molecule has 4 aromatic rings. The molecule has 2 N–H and O–H groups in total. The van der Waals surface area contributed by atoms with Gasteiger partial charge >= 0.3 is 0 Å². The molecule has 1 atom stereocenters. The SMILES string of the molecule is Oc1ccccc1CC(c1cccnc1)c1ccc2cccnc2c1O. The van der Waals surface area contributed by atoms with Gasteiger partial charge < -0.3 is 10.2 Å². The second-order valence-corrected chi connectivity index (χ2v) is 6.25.